The third-order valence-corrected chi connectivity index (χ3v) is 5.18. The van der Waals surface area contributed by atoms with Gasteiger partial charge in [-0.3, -0.25) is 4.90 Å². The van der Waals surface area contributed by atoms with Crippen LogP contribution in [0.2, 0.25) is 0 Å². The summed E-state index contributed by atoms with van der Waals surface area (Å²) in [7, 11) is 0. The van der Waals surface area contributed by atoms with Crippen LogP contribution in [-0.4, -0.2) is 61.0 Å². The number of halogens is 3. The minimum atomic E-state index is -4.38. The van der Waals surface area contributed by atoms with Crippen LogP contribution in [0.3, 0.4) is 0 Å². The molecule has 4 heterocycles. The van der Waals surface area contributed by atoms with Crippen molar-refractivity contribution in [2.24, 2.45) is 0 Å². The van der Waals surface area contributed by atoms with Gasteiger partial charge in [0.1, 0.15) is 6.17 Å². The summed E-state index contributed by atoms with van der Waals surface area (Å²) in [5.41, 5.74) is -0.0965. The molecule has 1 aromatic heterocycles. The summed E-state index contributed by atoms with van der Waals surface area (Å²) < 4.78 is 44.6. The zero-order chi connectivity index (χ0) is 17.1. The fraction of sp³-hybridized carbons (Fsp3) is 0.688. The zero-order valence-electron chi connectivity index (χ0n) is 13.8. The van der Waals surface area contributed by atoms with Crippen LogP contribution < -0.4 is 9.80 Å². The number of alkyl halides is 3. The zero-order valence-corrected chi connectivity index (χ0v) is 13.8. The Morgan fingerprint density at radius 3 is 2.58 bits per heavy atom. The van der Waals surface area contributed by atoms with Gasteiger partial charge in [-0.2, -0.15) is 13.2 Å². The van der Waals surface area contributed by atoms with E-state index in [4.69, 9.17) is 4.74 Å². The first-order chi connectivity index (χ1) is 11.4. The lowest BCUT2D eigenvalue weighted by molar-refractivity contribution is -0.137. The predicted molar refractivity (Wildman–Crippen MR) is 84.2 cm³/mol. The molecule has 0 bridgehead atoms. The summed E-state index contributed by atoms with van der Waals surface area (Å²) in [6.45, 7) is 7.88. The van der Waals surface area contributed by atoms with Crippen LogP contribution in [-0.2, 0) is 10.9 Å². The van der Waals surface area contributed by atoms with Crippen LogP contribution in [0.4, 0.5) is 24.7 Å². The van der Waals surface area contributed by atoms with Crippen molar-refractivity contribution < 1.29 is 17.9 Å². The lowest BCUT2D eigenvalue weighted by Crippen LogP contribution is -2.63. The molecule has 2 saturated heterocycles. The number of pyridine rings is 1. The molecular formula is C16H21F3N4O. The second-order valence-corrected chi connectivity index (χ2v) is 6.93. The summed E-state index contributed by atoms with van der Waals surface area (Å²) in [4.78, 5) is 10.8. The lowest BCUT2D eigenvalue weighted by Gasteiger charge is -2.47. The van der Waals surface area contributed by atoms with E-state index in [0.717, 1.165) is 25.8 Å². The highest BCUT2D eigenvalue weighted by molar-refractivity contribution is 5.76. The number of fused-ring (bicyclic) bond motifs is 3. The molecule has 2 fully saturated rings. The Kier molecular flexibility index (Phi) is 3.65. The van der Waals surface area contributed by atoms with E-state index in [1.54, 1.807) is 0 Å². The smallest absolute Gasteiger partial charge is 0.377 e. The van der Waals surface area contributed by atoms with E-state index in [2.05, 4.69) is 33.5 Å². The average molecular weight is 342 g/mol. The number of hydrogen-bond acceptors (Lipinski definition) is 5. The van der Waals surface area contributed by atoms with Gasteiger partial charge in [0.15, 0.2) is 5.82 Å². The lowest BCUT2D eigenvalue weighted by atomic mass is 10.1. The Balaban J connectivity index is 1.73. The van der Waals surface area contributed by atoms with Gasteiger partial charge < -0.3 is 14.5 Å². The van der Waals surface area contributed by atoms with Crippen molar-refractivity contribution in [1.82, 2.24) is 9.88 Å². The largest absolute Gasteiger partial charge is 0.417 e. The molecular weight excluding hydrogens is 321 g/mol. The van der Waals surface area contributed by atoms with Crippen molar-refractivity contribution in [3.63, 3.8) is 0 Å². The van der Waals surface area contributed by atoms with E-state index in [0.29, 0.717) is 30.8 Å². The van der Waals surface area contributed by atoms with Crippen molar-refractivity contribution in [1.29, 1.82) is 0 Å². The van der Waals surface area contributed by atoms with Crippen molar-refractivity contribution in [2.75, 3.05) is 42.6 Å². The molecule has 0 aromatic carbocycles. The number of hydrogen-bond donors (Lipinski definition) is 0. The number of piperazine rings is 1. The molecule has 24 heavy (non-hydrogen) atoms. The molecule has 4 rings (SSSR count). The molecule has 0 N–H and O–H groups in total. The van der Waals surface area contributed by atoms with Gasteiger partial charge in [-0.15, -0.1) is 0 Å². The van der Waals surface area contributed by atoms with Crippen molar-refractivity contribution in [3.05, 3.63) is 17.8 Å². The number of aromatic nitrogens is 1. The number of rotatable bonds is 2. The van der Waals surface area contributed by atoms with Crippen LogP contribution in [0, 0.1) is 0 Å². The molecule has 1 atom stereocenters. The standard InChI is InChI=1S/C16H21F3N4O/c1-10(2)21-3-4-22-14(7-21)23(12-8-24-9-12)13-5-11(16(17,18)19)6-20-15(13)22/h5-6,10,12,14H,3-4,7-9H2,1-2H3. The molecule has 1 aromatic rings. The van der Waals surface area contributed by atoms with Gasteiger partial charge in [0.25, 0.3) is 0 Å². The maximum Gasteiger partial charge on any atom is 0.417 e. The minimum absolute atomic E-state index is 0.0287. The van der Waals surface area contributed by atoms with E-state index in [9.17, 15) is 13.2 Å². The topological polar surface area (TPSA) is 31.8 Å². The molecule has 132 valence electrons. The normalized spacial score (nSPS) is 25.0. The highest BCUT2D eigenvalue weighted by Gasteiger charge is 2.46. The maximum atomic E-state index is 13.1. The second-order valence-electron chi connectivity index (χ2n) is 6.93. The number of anilines is 2. The monoisotopic (exact) mass is 342 g/mol. The fourth-order valence-electron chi connectivity index (χ4n) is 3.74. The highest BCUT2D eigenvalue weighted by Crippen LogP contribution is 2.44. The summed E-state index contributed by atoms with van der Waals surface area (Å²) >= 11 is 0. The van der Waals surface area contributed by atoms with Crippen molar-refractivity contribution in [3.8, 4) is 0 Å². The molecule has 3 aliphatic rings. The Labute approximate surface area is 139 Å². The maximum absolute atomic E-state index is 13.1. The van der Waals surface area contributed by atoms with Crippen LogP contribution in [0.5, 0.6) is 0 Å². The third kappa shape index (κ3) is 2.43. The Hall–Kier alpha value is -1.54. The quantitative estimate of drug-likeness (QED) is 0.822. The average Bonchev–Trinajstić information content (AvgIpc) is 2.78. The molecule has 0 radical (unpaired) electrons. The van der Waals surface area contributed by atoms with Gasteiger partial charge in [-0.25, -0.2) is 4.98 Å². The summed E-state index contributed by atoms with van der Waals surface area (Å²) in [6, 6.07) is 1.78. The Morgan fingerprint density at radius 2 is 2.00 bits per heavy atom. The first kappa shape index (κ1) is 16.0. The predicted octanol–water partition coefficient (Wildman–Crippen LogP) is 2.18. The second kappa shape index (κ2) is 5.49. The van der Waals surface area contributed by atoms with Crippen LogP contribution in [0.1, 0.15) is 19.4 Å². The minimum Gasteiger partial charge on any atom is -0.377 e. The van der Waals surface area contributed by atoms with E-state index >= 15 is 0 Å². The van der Waals surface area contributed by atoms with E-state index in [1.807, 2.05) is 0 Å². The summed E-state index contributed by atoms with van der Waals surface area (Å²) in [5, 5.41) is 0. The fourth-order valence-corrected chi connectivity index (χ4v) is 3.74. The van der Waals surface area contributed by atoms with Crippen molar-refractivity contribution >= 4 is 11.5 Å². The van der Waals surface area contributed by atoms with Gasteiger partial charge in [-0.1, -0.05) is 0 Å². The van der Waals surface area contributed by atoms with Gasteiger partial charge >= 0.3 is 6.18 Å². The molecule has 5 nitrogen and oxygen atoms in total. The van der Waals surface area contributed by atoms with E-state index in [1.165, 1.54) is 6.07 Å². The van der Waals surface area contributed by atoms with Gasteiger partial charge in [0.2, 0.25) is 0 Å². The van der Waals surface area contributed by atoms with Gasteiger partial charge in [0.05, 0.1) is 30.5 Å². The molecule has 0 amide bonds. The molecule has 8 heteroatoms. The molecule has 1 unspecified atom stereocenters. The summed E-state index contributed by atoms with van der Waals surface area (Å²) in [6.07, 6.45) is -3.40. The molecule has 0 aliphatic carbocycles. The molecule has 0 spiro atoms. The summed E-state index contributed by atoms with van der Waals surface area (Å²) in [5.74, 6) is 0.670. The third-order valence-electron chi connectivity index (χ3n) is 5.18. The highest BCUT2D eigenvalue weighted by atomic mass is 19.4. The molecule has 3 aliphatic heterocycles. The van der Waals surface area contributed by atoms with Crippen molar-refractivity contribution in [2.45, 2.75) is 38.3 Å². The molecule has 0 saturated carbocycles. The number of nitrogens with zero attached hydrogens (tertiary/aromatic N) is 4. The van der Waals surface area contributed by atoms with E-state index in [-0.39, 0.29) is 12.2 Å². The van der Waals surface area contributed by atoms with Gasteiger partial charge in [0, 0.05) is 31.9 Å². The van der Waals surface area contributed by atoms with Crippen LogP contribution in [0.25, 0.3) is 0 Å². The SMILES string of the molecule is CC(C)N1CCN2c3ncc(C(F)(F)F)cc3N(C3COC3)C2C1. The Morgan fingerprint density at radius 1 is 1.25 bits per heavy atom. The Bertz CT molecular complexity index is 632. The van der Waals surface area contributed by atoms with Gasteiger partial charge in [-0.05, 0) is 19.9 Å². The van der Waals surface area contributed by atoms with E-state index < -0.39 is 11.7 Å². The first-order valence-corrected chi connectivity index (χ1v) is 8.30. The number of ether oxygens (including phenoxy) is 1. The van der Waals surface area contributed by atoms with Crippen LogP contribution in [0.15, 0.2) is 12.3 Å². The first-order valence-electron chi connectivity index (χ1n) is 8.30. The van der Waals surface area contributed by atoms with Crippen LogP contribution >= 0.6 is 0 Å².